The van der Waals surface area contributed by atoms with Crippen LogP contribution in [-0.2, 0) is 23.8 Å². The van der Waals surface area contributed by atoms with Crippen LogP contribution in [0.15, 0.2) is 29.2 Å². The molecule has 0 aromatic heterocycles. The van der Waals surface area contributed by atoms with Crippen molar-refractivity contribution >= 4 is 22.3 Å². The van der Waals surface area contributed by atoms with Crippen LogP contribution in [0.1, 0.15) is 66.4 Å². The van der Waals surface area contributed by atoms with E-state index in [1.54, 1.807) is 53.7 Å². The zero-order chi connectivity index (χ0) is 24.4. The number of nitrogens with one attached hydrogen (secondary N) is 2. The molecule has 9 nitrogen and oxygen atoms in total. The highest BCUT2D eigenvalue weighted by molar-refractivity contribution is 7.86. The molecule has 10 heteroatoms. The number of hydrogen-bond acceptors (Lipinski definition) is 7. The van der Waals surface area contributed by atoms with E-state index in [0.29, 0.717) is 19.3 Å². The standard InChI is InChI=1S/C22H34N2O7S/c1-15-9-11-16(12-10-15)32(27,28)31-22(13-8-14-22)17(23-18(25)29-20(2,3)4)24-19(26)30-21(5,6)7/h9-12,17H,8,13-14H2,1-7H3,(H,23,25)(H,24,26). The van der Waals surface area contributed by atoms with Crippen molar-refractivity contribution in [1.82, 2.24) is 10.6 Å². The number of amides is 2. The van der Waals surface area contributed by atoms with Crippen molar-refractivity contribution < 1.29 is 31.7 Å². The van der Waals surface area contributed by atoms with Crippen LogP contribution >= 0.6 is 0 Å². The first kappa shape index (κ1) is 25.9. The highest BCUT2D eigenvalue weighted by Gasteiger charge is 2.51. The Hall–Kier alpha value is -2.33. The maximum Gasteiger partial charge on any atom is 0.409 e. The molecule has 0 unspecified atom stereocenters. The molecule has 1 fully saturated rings. The number of ether oxygens (including phenoxy) is 2. The molecule has 0 radical (unpaired) electrons. The van der Waals surface area contributed by atoms with E-state index < -0.39 is 45.3 Å². The van der Waals surface area contributed by atoms with Crippen LogP contribution in [0.4, 0.5) is 9.59 Å². The highest BCUT2D eigenvalue weighted by atomic mass is 32.2. The minimum atomic E-state index is -4.17. The van der Waals surface area contributed by atoms with Crippen LogP contribution in [0.25, 0.3) is 0 Å². The second-order valence-electron chi connectivity index (χ2n) is 9.99. The molecule has 0 heterocycles. The summed E-state index contributed by atoms with van der Waals surface area (Å²) in [5.74, 6) is 0. The molecule has 1 aromatic carbocycles. The molecule has 1 aliphatic carbocycles. The highest BCUT2D eigenvalue weighted by Crippen LogP contribution is 2.40. The van der Waals surface area contributed by atoms with E-state index in [4.69, 9.17) is 13.7 Å². The SMILES string of the molecule is Cc1ccc(S(=O)(=O)OC2(C(NC(=O)OC(C)(C)C)NC(=O)OC(C)(C)C)CCC2)cc1. The molecule has 0 spiro atoms. The van der Waals surface area contributed by atoms with Crippen molar-refractivity contribution in [3.63, 3.8) is 0 Å². The summed E-state index contributed by atoms with van der Waals surface area (Å²) >= 11 is 0. The van der Waals surface area contributed by atoms with E-state index in [0.717, 1.165) is 5.56 Å². The summed E-state index contributed by atoms with van der Waals surface area (Å²) in [5.41, 5.74) is -2.06. The molecule has 0 atom stereocenters. The minimum Gasteiger partial charge on any atom is -0.444 e. The van der Waals surface area contributed by atoms with E-state index in [1.165, 1.54) is 12.1 Å². The third-order valence-electron chi connectivity index (χ3n) is 4.63. The van der Waals surface area contributed by atoms with Gasteiger partial charge >= 0.3 is 12.2 Å². The van der Waals surface area contributed by atoms with Gasteiger partial charge < -0.3 is 9.47 Å². The number of aryl methyl sites for hydroxylation is 1. The molecule has 32 heavy (non-hydrogen) atoms. The Morgan fingerprint density at radius 2 is 1.34 bits per heavy atom. The van der Waals surface area contributed by atoms with Crippen LogP contribution in [-0.4, -0.2) is 43.6 Å². The fraction of sp³-hybridized carbons (Fsp3) is 0.636. The molecule has 1 aromatic rings. The molecule has 0 aliphatic heterocycles. The van der Waals surface area contributed by atoms with Crippen LogP contribution in [0, 0.1) is 6.92 Å². The number of rotatable bonds is 6. The van der Waals surface area contributed by atoms with E-state index in [2.05, 4.69) is 10.6 Å². The van der Waals surface area contributed by atoms with E-state index >= 15 is 0 Å². The second kappa shape index (κ2) is 9.27. The monoisotopic (exact) mass is 470 g/mol. The maximum atomic E-state index is 13.0. The average Bonchev–Trinajstić information content (AvgIpc) is 2.54. The minimum absolute atomic E-state index is 0.0114. The molecule has 0 saturated heterocycles. The number of benzene rings is 1. The summed E-state index contributed by atoms with van der Waals surface area (Å²) in [6.45, 7) is 12.0. The summed E-state index contributed by atoms with van der Waals surface area (Å²) < 4.78 is 42.2. The lowest BCUT2D eigenvalue weighted by Crippen LogP contribution is -2.66. The fourth-order valence-corrected chi connectivity index (χ4v) is 4.33. The Kier molecular flexibility index (Phi) is 7.51. The molecule has 0 bridgehead atoms. The van der Waals surface area contributed by atoms with Crippen LogP contribution in [0.3, 0.4) is 0 Å². The van der Waals surface area contributed by atoms with Crippen molar-refractivity contribution in [1.29, 1.82) is 0 Å². The van der Waals surface area contributed by atoms with Gasteiger partial charge in [-0.15, -0.1) is 0 Å². The molecule has 1 aliphatic rings. The first-order valence-electron chi connectivity index (χ1n) is 10.5. The Morgan fingerprint density at radius 3 is 1.69 bits per heavy atom. The Labute approximate surface area is 190 Å². The van der Waals surface area contributed by atoms with Crippen molar-refractivity contribution in [3.05, 3.63) is 29.8 Å². The van der Waals surface area contributed by atoms with Crippen molar-refractivity contribution in [2.75, 3.05) is 0 Å². The molecular weight excluding hydrogens is 436 g/mol. The van der Waals surface area contributed by atoms with Crippen LogP contribution in [0.5, 0.6) is 0 Å². The number of hydrogen-bond donors (Lipinski definition) is 2. The second-order valence-corrected chi connectivity index (χ2v) is 11.5. The summed E-state index contributed by atoms with van der Waals surface area (Å²) in [7, 11) is -4.17. The number of alkyl carbamates (subject to hydrolysis) is 2. The molecule has 180 valence electrons. The van der Waals surface area contributed by atoms with Gasteiger partial charge in [-0.05, 0) is 79.9 Å². The third-order valence-corrected chi connectivity index (χ3v) is 6.03. The van der Waals surface area contributed by atoms with Crippen LogP contribution in [0.2, 0.25) is 0 Å². The predicted octanol–water partition coefficient (Wildman–Crippen LogP) is 4.00. The number of carbonyl (C=O) groups excluding carboxylic acids is 2. The van der Waals surface area contributed by atoms with Gasteiger partial charge in [-0.25, -0.2) is 9.59 Å². The zero-order valence-electron chi connectivity index (χ0n) is 19.8. The van der Waals surface area contributed by atoms with Gasteiger partial charge in [-0.2, -0.15) is 8.42 Å². The molecular formula is C22H34N2O7S. The first-order valence-corrected chi connectivity index (χ1v) is 11.9. The predicted molar refractivity (Wildman–Crippen MR) is 119 cm³/mol. The van der Waals surface area contributed by atoms with Gasteiger partial charge in [0.2, 0.25) is 0 Å². The normalized spacial score (nSPS) is 16.1. The quantitative estimate of drug-likeness (QED) is 0.476. The van der Waals surface area contributed by atoms with Crippen LogP contribution < -0.4 is 10.6 Å². The van der Waals surface area contributed by atoms with E-state index in [9.17, 15) is 18.0 Å². The summed E-state index contributed by atoms with van der Waals surface area (Å²) in [6, 6.07) is 6.24. The first-order chi connectivity index (χ1) is 14.5. The molecule has 2 amide bonds. The molecule has 2 N–H and O–H groups in total. The van der Waals surface area contributed by atoms with Crippen molar-refractivity contribution in [2.45, 2.75) is 95.6 Å². The lowest BCUT2D eigenvalue weighted by molar-refractivity contribution is -0.0508. The van der Waals surface area contributed by atoms with Gasteiger partial charge in [0.15, 0.2) is 0 Å². The zero-order valence-corrected chi connectivity index (χ0v) is 20.6. The molecule has 2 rings (SSSR count). The Morgan fingerprint density at radius 1 is 0.906 bits per heavy atom. The van der Waals surface area contributed by atoms with E-state index in [-0.39, 0.29) is 4.90 Å². The Bertz CT molecular complexity index is 895. The van der Waals surface area contributed by atoms with Gasteiger partial charge in [0.1, 0.15) is 23.0 Å². The fourth-order valence-electron chi connectivity index (χ4n) is 3.07. The smallest absolute Gasteiger partial charge is 0.409 e. The molecule has 1 saturated carbocycles. The van der Waals surface area contributed by atoms with E-state index in [1.807, 2.05) is 6.92 Å². The van der Waals surface area contributed by atoms with Gasteiger partial charge in [0.25, 0.3) is 10.1 Å². The van der Waals surface area contributed by atoms with Crippen molar-refractivity contribution in [3.8, 4) is 0 Å². The van der Waals surface area contributed by atoms with Gasteiger partial charge in [0.05, 0.1) is 4.90 Å². The van der Waals surface area contributed by atoms with Crippen molar-refractivity contribution in [2.24, 2.45) is 0 Å². The lowest BCUT2D eigenvalue weighted by Gasteiger charge is -2.46. The lowest BCUT2D eigenvalue weighted by atomic mass is 9.77. The number of carbonyl (C=O) groups is 2. The summed E-state index contributed by atoms with van der Waals surface area (Å²) in [4.78, 5) is 24.9. The van der Waals surface area contributed by atoms with Gasteiger partial charge in [0, 0.05) is 0 Å². The topological polar surface area (TPSA) is 120 Å². The van der Waals surface area contributed by atoms with Gasteiger partial charge in [-0.3, -0.25) is 14.8 Å². The third kappa shape index (κ3) is 7.37. The Balaban J connectivity index is 2.31. The largest absolute Gasteiger partial charge is 0.444 e. The summed E-state index contributed by atoms with van der Waals surface area (Å²) in [5, 5.41) is 5.11. The van der Waals surface area contributed by atoms with Gasteiger partial charge in [-0.1, -0.05) is 17.7 Å². The summed E-state index contributed by atoms with van der Waals surface area (Å²) in [6.07, 6.45) is -1.57. The average molecular weight is 471 g/mol. The maximum absolute atomic E-state index is 13.0.